The van der Waals surface area contributed by atoms with Gasteiger partial charge in [-0.05, 0) is 45.1 Å². The molecule has 3 aliphatic rings. The molecule has 3 nitrogen and oxygen atoms in total. The largest absolute Gasteiger partial charge is 0.335 e. The number of rotatable bonds is 2. The Balaban J connectivity index is 0.00000120. The number of hydrogen-bond acceptors (Lipinski definition) is 2. The van der Waals surface area contributed by atoms with Gasteiger partial charge in [0.15, 0.2) is 0 Å². The average molecular weight is 273 g/mol. The van der Waals surface area contributed by atoms with Gasteiger partial charge in [-0.15, -0.1) is 12.4 Å². The maximum absolute atomic E-state index is 12.8. The standard InChI is InChI=1S/C14H24N2O.ClH/c1-2-14(7-3-8-14)13(17)16-11-4-5-12(16)10-15-9-6-11;/h11-12,15H,2-10H2,1H3;1H. The lowest BCUT2D eigenvalue weighted by molar-refractivity contribution is -0.150. The SMILES string of the molecule is CCC1(C(=O)N2C3CCNCC2CC3)CCC1.Cl. The molecule has 0 aromatic heterocycles. The average Bonchev–Trinajstić information content (AvgIpc) is 2.51. The predicted molar refractivity (Wildman–Crippen MR) is 75.0 cm³/mol. The van der Waals surface area contributed by atoms with Gasteiger partial charge < -0.3 is 10.2 Å². The Hall–Kier alpha value is -0.280. The van der Waals surface area contributed by atoms with E-state index in [1.807, 2.05) is 0 Å². The molecule has 2 atom stereocenters. The van der Waals surface area contributed by atoms with Gasteiger partial charge in [-0.2, -0.15) is 0 Å². The van der Waals surface area contributed by atoms with Crippen LogP contribution in [-0.2, 0) is 4.79 Å². The second-order valence-electron chi connectivity index (χ2n) is 6.08. The van der Waals surface area contributed by atoms with Gasteiger partial charge >= 0.3 is 0 Å². The van der Waals surface area contributed by atoms with Gasteiger partial charge in [0.25, 0.3) is 0 Å². The Bertz CT molecular complexity index is 297. The third-order valence-corrected chi connectivity index (χ3v) is 5.33. The van der Waals surface area contributed by atoms with E-state index in [2.05, 4.69) is 17.1 Å². The highest BCUT2D eigenvalue weighted by molar-refractivity contribution is 5.85. The Morgan fingerprint density at radius 2 is 2.00 bits per heavy atom. The van der Waals surface area contributed by atoms with Gasteiger partial charge in [0.1, 0.15) is 0 Å². The molecule has 0 aromatic rings. The van der Waals surface area contributed by atoms with Gasteiger partial charge in [-0.1, -0.05) is 13.3 Å². The Labute approximate surface area is 116 Å². The van der Waals surface area contributed by atoms with Crippen LogP contribution in [0.1, 0.15) is 51.9 Å². The number of carbonyl (C=O) groups excluding carboxylic acids is 1. The summed E-state index contributed by atoms with van der Waals surface area (Å²) in [6, 6.07) is 1.02. The van der Waals surface area contributed by atoms with E-state index in [1.165, 1.54) is 19.3 Å². The summed E-state index contributed by atoms with van der Waals surface area (Å²) in [7, 11) is 0. The number of halogens is 1. The van der Waals surface area contributed by atoms with E-state index >= 15 is 0 Å². The zero-order chi connectivity index (χ0) is 11.9. The molecular weight excluding hydrogens is 248 g/mol. The maximum atomic E-state index is 12.8. The van der Waals surface area contributed by atoms with Crippen molar-refractivity contribution in [3.63, 3.8) is 0 Å². The van der Waals surface area contributed by atoms with E-state index in [4.69, 9.17) is 0 Å². The van der Waals surface area contributed by atoms with Gasteiger partial charge in [0, 0.05) is 24.0 Å². The molecular formula is C14H25ClN2O. The van der Waals surface area contributed by atoms with Crippen molar-refractivity contribution in [2.24, 2.45) is 5.41 Å². The van der Waals surface area contributed by atoms with Gasteiger partial charge in [-0.25, -0.2) is 0 Å². The lowest BCUT2D eigenvalue weighted by Gasteiger charge is -2.44. The second kappa shape index (κ2) is 5.38. The highest BCUT2D eigenvalue weighted by atomic mass is 35.5. The summed E-state index contributed by atoms with van der Waals surface area (Å²) in [6.45, 7) is 4.29. The third-order valence-electron chi connectivity index (χ3n) is 5.33. The van der Waals surface area contributed by atoms with Crippen LogP contribution in [0.4, 0.5) is 0 Å². The van der Waals surface area contributed by atoms with Gasteiger partial charge in [0.2, 0.25) is 5.91 Å². The number of amides is 1. The van der Waals surface area contributed by atoms with Crippen molar-refractivity contribution in [3.8, 4) is 0 Å². The van der Waals surface area contributed by atoms with Crippen LogP contribution in [-0.4, -0.2) is 36.0 Å². The fourth-order valence-electron chi connectivity index (χ4n) is 3.91. The first-order chi connectivity index (χ1) is 8.27. The van der Waals surface area contributed by atoms with Crippen molar-refractivity contribution in [1.82, 2.24) is 10.2 Å². The number of nitrogens with zero attached hydrogens (tertiary/aromatic N) is 1. The van der Waals surface area contributed by atoms with Crippen LogP contribution in [0.15, 0.2) is 0 Å². The molecule has 3 rings (SSSR count). The highest BCUT2D eigenvalue weighted by Gasteiger charge is 2.49. The molecule has 2 saturated heterocycles. The Kier molecular flexibility index (Phi) is 4.22. The number of carbonyl (C=O) groups is 1. The minimum atomic E-state index is 0. The summed E-state index contributed by atoms with van der Waals surface area (Å²) in [5.74, 6) is 0.488. The van der Waals surface area contributed by atoms with Crippen LogP contribution in [0.5, 0.6) is 0 Å². The maximum Gasteiger partial charge on any atom is 0.229 e. The molecule has 4 heteroatoms. The lowest BCUT2D eigenvalue weighted by Crippen LogP contribution is -2.52. The molecule has 18 heavy (non-hydrogen) atoms. The quantitative estimate of drug-likeness (QED) is 0.837. The van der Waals surface area contributed by atoms with Crippen molar-refractivity contribution in [3.05, 3.63) is 0 Å². The predicted octanol–water partition coefficient (Wildman–Crippen LogP) is 2.34. The normalized spacial score (nSPS) is 33.3. The van der Waals surface area contributed by atoms with Crippen LogP contribution in [0.25, 0.3) is 0 Å². The molecule has 1 N–H and O–H groups in total. The van der Waals surface area contributed by atoms with Gasteiger partial charge in [-0.3, -0.25) is 4.79 Å². The van der Waals surface area contributed by atoms with Gasteiger partial charge in [0.05, 0.1) is 0 Å². The van der Waals surface area contributed by atoms with Crippen LogP contribution >= 0.6 is 12.4 Å². The van der Waals surface area contributed by atoms with Crippen LogP contribution in [0, 0.1) is 5.41 Å². The van der Waals surface area contributed by atoms with E-state index < -0.39 is 0 Å². The van der Waals surface area contributed by atoms with Crippen molar-refractivity contribution in [2.75, 3.05) is 13.1 Å². The van der Waals surface area contributed by atoms with E-state index in [0.29, 0.717) is 18.0 Å². The molecule has 3 fully saturated rings. The highest BCUT2D eigenvalue weighted by Crippen LogP contribution is 2.47. The lowest BCUT2D eigenvalue weighted by atomic mass is 9.66. The topological polar surface area (TPSA) is 32.3 Å². The first-order valence-electron chi connectivity index (χ1n) is 7.30. The smallest absolute Gasteiger partial charge is 0.229 e. The molecule has 2 unspecified atom stereocenters. The molecule has 0 radical (unpaired) electrons. The summed E-state index contributed by atoms with van der Waals surface area (Å²) in [6.07, 6.45) is 8.15. The summed E-state index contributed by atoms with van der Waals surface area (Å²) in [4.78, 5) is 15.1. The Morgan fingerprint density at radius 1 is 1.28 bits per heavy atom. The molecule has 2 bridgehead atoms. The molecule has 1 saturated carbocycles. The van der Waals surface area contributed by atoms with Crippen LogP contribution in [0.2, 0.25) is 0 Å². The first-order valence-corrected chi connectivity index (χ1v) is 7.30. The number of nitrogens with one attached hydrogen (secondary N) is 1. The monoisotopic (exact) mass is 272 g/mol. The zero-order valence-corrected chi connectivity index (χ0v) is 12.1. The van der Waals surface area contributed by atoms with E-state index in [0.717, 1.165) is 38.8 Å². The van der Waals surface area contributed by atoms with Crippen molar-refractivity contribution >= 4 is 18.3 Å². The second-order valence-corrected chi connectivity index (χ2v) is 6.08. The summed E-state index contributed by atoms with van der Waals surface area (Å²) in [5, 5.41) is 3.48. The molecule has 1 aliphatic carbocycles. The Morgan fingerprint density at radius 3 is 2.61 bits per heavy atom. The minimum Gasteiger partial charge on any atom is -0.335 e. The molecule has 0 spiro atoms. The van der Waals surface area contributed by atoms with E-state index in [1.54, 1.807) is 0 Å². The molecule has 1 amide bonds. The first kappa shape index (κ1) is 14.1. The van der Waals surface area contributed by atoms with Crippen molar-refractivity contribution in [2.45, 2.75) is 64.0 Å². The molecule has 0 aromatic carbocycles. The van der Waals surface area contributed by atoms with Crippen molar-refractivity contribution < 1.29 is 4.79 Å². The van der Waals surface area contributed by atoms with Crippen molar-refractivity contribution in [1.29, 1.82) is 0 Å². The number of hydrogen-bond donors (Lipinski definition) is 1. The molecule has 104 valence electrons. The summed E-state index contributed by atoms with van der Waals surface area (Å²) < 4.78 is 0. The molecule has 2 aliphatic heterocycles. The fourth-order valence-corrected chi connectivity index (χ4v) is 3.91. The van der Waals surface area contributed by atoms with Crippen LogP contribution in [0.3, 0.4) is 0 Å². The summed E-state index contributed by atoms with van der Waals surface area (Å²) >= 11 is 0. The molecule has 2 heterocycles. The van der Waals surface area contributed by atoms with E-state index in [-0.39, 0.29) is 17.8 Å². The van der Waals surface area contributed by atoms with E-state index in [9.17, 15) is 4.79 Å². The fraction of sp³-hybridized carbons (Fsp3) is 0.929. The zero-order valence-electron chi connectivity index (χ0n) is 11.3. The van der Waals surface area contributed by atoms with Crippen LogP contribution < -0.4 is 5.32 Å². The number of fused-ring (bicyclic) bond motifs is 2. The third kappa shape index (κ3) is 2.05. The summed E-state index contributed by atoms with van der Waals surface area (Å²) in [5.41, 5.74) is 0.0329. The minimum absolute atomic E-state index is 0.